The van der Waals surface area contributed by atoms with Crippen LogP contribution in [0.5, 0.6) is 5.75 Å². The molecule has 1 aliphatic carbocycles. The number of hydrogen-bond donors (Lipinski definition) is 0. The first-order valence-corrected chi connectivity index (χ1v) is 11.4. The van der Waals surface area contributed by atoms with Crippen molar-refractivity contribution in [3.8, 4) is 5.75 Å². The Hall–Kier alpha value is -2.61. The van der Waals surface area contributed by atoms with E-state index in [2.05, 4.69) is 55.5 Å². The zero-order valence-corrected chi connectivity index (χ0v) is 17.8. The van der Waals surface area contributed by atoms with Gasteiger partial charge in [-0.2, -0.15) is 0 Å². The highest BCUT2D eigenvalue weighted by molar-refractivity contribution is 5.96. The Morgan fingerprint density at radius 3 is 2.67 bits per heavy atom. The SMILES string of the molecule is CC1(Cc2cccc3ccccc23)COc2cc(C(=O)CC3CCCCC3)ccc21. The van der Waals surface area contributed by atoms with Crippen LogP contribution < -0.4 is 4.74 Å². The Morgan fingerprint density at radius 1 is 1.00 bits per heavy atom. The van der Waals surface area contributed by atoms with Crippen LogP contribution in [0, 0.1) is 5.92 Å². The standard InChI is InChI=1S/C28H30O2/c1-28(18-23-12-7-11-21-10-5-6-13-24(21)23)19-30-27-17-22(14-15-25(27)28)26(29)16-20-8-3-2-4-9-20/h5-7,10-15,17,20H,2-4,8-9,16,18-19H2,1H3. The number of Topliss-reactive ketones (excluding diaryl/α,β-unsaturated/α-hetero) is 1. The highest BCUT2D eigenvalue weighted by atomic mass is 16.5. The van der Waals surface area contributed by atoms with Crippen LogP contribution in [-0.2, 0) is 11.8 Å². The van der Waals surface area contributed by atoms with E-state index in [9.17, 15) is 4.79 Å². The lowest BCUT2D eigenvalue weighted by Crippen LogP contribution is -2.26. The summed E-state index contributed by atoms with van der Waals surface area (Å²) in [5, 5.41) is 2.59. The van der Waals surface area contributed by atoms with Gasteiger partial charge in [0.15, 0.2) is 5.78 Å². The lowest BCUT2D eigenvalue weighted by atomic mass is 9.77. The summed E-state index contributed by atoms with van der Waals surface area (Å²) in [6.07, 6.45) is 7.90. The van der Waals surface area contributed by atoms with Crippen molar-refractivity contribution in [1.29, 1.82) is 0 Å². The van der Waals surface area contributed by atoms with Crippen molar-refractivity contribution in [3.05, 3.63) is 77.4 Å². The summed E-state index contributed by atoms with van der Waals surface area (Å²) >= 11 is 0. The van der Waals surface area contributed by atoms with Crippen molar-refractivity contribution in [3.63, 3.8) is 0 Å². The van der Waals surface area contributed by atoms with Crippen LogP contribution in [0.15, 0.2) is 60.7 Å². The van der Waals surface area contributed by atoms with Gasteiger partial charge in [0.2, 0.25) is 0 Å². The number of benzene rings is 3. The van der Waals surface area contributed by atoms with Gasteiger partial charge in [-0.25, -0.2) is 0 Å². The summed E-state index contributed by atoms with van der Waals surface area (Å²) in [6.45, 7) is 2.94. The van der Waals surface area contributed by atoms with Crippen LogP contribution in [0.2, 0.25) is 0 Å². The number of rotatable bonds is 5. The van der Waals surface area contributed by atoms with Crippen molar-refractivity contribution in [2.75, 3.05) is 6.61 Å². The molecular formula is C28H30O2. The van der Waals surface area contributed by atoms with Gasteiger partial charge in [-0.15, -0.1) is 0 Å². The molecule has 1 heterocycles. The van der Waals surface area contributed by atoms with Crippen molar-refractivity contribution in [2.45, 2.75) is 57.3 Å². The molecule has 154 valence electrons. The number of fused-ring (bicyclic) bond motifs is 2. The third kappa shape index (κ3) is 3.64. The largest absolute Gasteiger partial charge is 0.492 e. The first-order chi connectivity index (χ1) is 14.6. The maximum Gasteiger partial charge on any atom is 0.163 e. The minimum atomic E-state index is -0.0790. The van der Waals surface area contributed by atoms with E-state index in [1.165, 1.54) is 54.0 Å². The van der Waals surface area contributed by atoms with Crippen LogP contribution in [-0.4, -0.2) is 12.4 Å². The summed E-state index contributed by atoms with van der Waals surface area (Å²) in [4.78, 5) is 12.9. The van der Waals surface area contributed by atoms with Crippen LogP contribution in [0.1, 0.15) is 66.9 Å². The summed E-state index contributed by atoms with van der Waals surface area (Å²) in [7, 11) is 0. The summed E-state index contributed by atoms with van der Waals surface area (Å²) in [6, 6.07) is 21.3. The molecule has 0 radical (unpaired) electrons. The molecule has 0 saturated heterocycles. The van der Waals surface area contributed by atoms with Gasteiger partial charge in [0, 0.05) is 23.0 Å². The van der Waals surface area contributed by atoms with E-state index in [0.717, 1.165) is 17.7 Å². The predicted molar refractivity (Wildman–Crippen MR) is 122 cm³/mol. The third-order valence-corrected chi connectivity index (χ3v) is 7.16. The minimum absolute atomic E-state index is 0.0790. The van der Waals surface area contributed by atoms with Crippen molar-refractivity contribution in [2.24, 2.45) is 5.92 Å². The van der Waals surface area contributed by atoms with E-state index in [1.54, 1.807) is 0 Å². The normalized spacial score (nSPS) is 21.4. The number of ether oxygens (including phenoxy) is 1. The van der Waals surface area contributed by atoms with Crippen LogP contribution in [0.3, 0.4) is 0 Å². The maximum atomic E-state index is 12.9. The van der Waals surface area contributed by atoms with Gasteiger partial charge >= 0.3 is 0 Å². The molecule has 1 fully saturated rings. The second-order valence-electron chi connectivity index (χ2n) is 9.51. The molecule has 2 aliphatic rings. The highest BCUT2D eigenvalue weighted by Gasteiger charge is 2.37. The van der Waals surface area contributed by atoms with E-state index in [0.29, 0.717) is 18.9 Å². The monoisotopic (exact) mass is 398 g/mol. The average molecular weight is 399 g/mol. The van der Waals surface area contributed by atoms with E-state index in [1.807, 2.05) is 12.1 Å². The molecule has 3 aromatic rings. The van der Waals surface area contributed by atoms with Crippen molar-refractivity contribution >= 4 is 16.6 Å². The molecule has 1 saturated carbocycles. The van der Waals surface area contributed by atoms with Gasteiger partial charge in [-0.3, -0.25) is 4.79 Å². The summed E-state index contributed by atoms with van der Waals surface area (Å²) in [5.41, 5.74) is 3.31. The second kappa shape index (κ2) is 7.91. The summed E-state index contributed by atoms with van der Waals surface area (Å²) < 4.78 is 6.13. The molecular weight excluding hydrogens is 368 g/mol. The van der Waals surface area contributed by atoms with Gasteiger partial charge in [0.05, 0.1) is 6.61 Å². The van der Waals surface area contributed by atoms with Crippen LogP contribution >= 0.6 is 0 Å². The number of carbonyl (C=O) groups is 1. The quantitative estimate of drug-likeness (QED) is 0.438. The first kappa shape index (κ1) is 19.4. The second-order valence-corrected chi connectivity index (χ2v) is 9.51. The van der Waals surface area contributed by atoms with Gasteiger partial charge in [0.1, 0.15) is 5.75 Å². The Balaban J connectivity index is 1.38. The molecule has 0 bridgehead atoms. The van der Waals surface area contributed by atoms with Gasteiger partial charge in [-0.1, -0.05) is 93.6 Å². The van der Waals surface area contributed by atoms with E-state index >= 15 is 0 Å². The zero-order chi connectivity index (χ0) is 20.6. The topological polar surface area (TPSA) is 26.3 Å². The highest BCUT2D eigenvalue weighted by Crippen LogP contribution is 2.42. The van der Waals surface area contributed by atoms with E-state index in [-0.39, 0.29) is 11.2 Å². The maximum absolute atomic E-state index is 12.9. The molecule has 0 amide bonds. The van der Waals surface area contributed by atoms with Crippen LogP contribution in [0.25, 0.3) is 10.8 Å². The predicted octanol–water partition coefficient (Wildman–Crippen LogP) is 6.89. The Labute approximate surface area is 179 Å². The average Bonchev–Trinajstić information content (AvgIpc) is 3.10. The van der Waals surface area contributed by atoms with Gasteiger partial charge < -0.3 is 4.74 Å². The van der Waals surface area contributed by atoms with E-state index in [4.69, 9.17) is 4.74 Å². The lowest BCUT2D eigenvalue weighted by Gasteiger charge is -2.24. The zero-order valence-electron chi connectivity index (χ0n) is 17.8. The minimum Gasteiger partial charge on any atom is -0.492 e. The Bertz CT molecular complexity index is 1070. The van der Waals surface area contributed by atoms with Crippen molar-refractivity contribution in [1.82, 2.24) is 0 Å². The molecule has 3 aromatic carbocycles. The number of carbonyl (C=O) groups excluding carboxylic acids is 1. The van der Waals surface area contributed by atoms with E-state index < -0.39 is 0 Å². The Morgan fingerprint density at radius 2 is 1.80 bits per heavy atom. The fraction of sp³-hybridized carbons (Fsp3) is 0.393. The first-order valence-electron chi connectivity index (χ1n) is 11.4. The fourth-order valence-corrected chi connectivity index (χ4v) is 5.41. The molecule has 30 heavy (non-hydrogen) atoms. The number of ketones is 1. The molecule has 2 nitrogen and oxygen atoms in total. The van der Waals surface area contributed by atoms with Gasteiger partial charge in [-0.05, 0) is 34.7 Å². The molecule has 1 unspecified atom stereocenters. The third-order valence-electron chi connectivity index (χ3n) is 7.16. The van der Waals surface area contributed by atoms with Crippen LogP contribution in [0.4, 0.5) is 0 Å². The molecule has 0 N–H and O–H groups in total. The fourth-order valence-electron chi connectivity index (χ4n) is 5.41. The smallest absolute Gasteiger partial charge is 0.163 e. The Kier molecular flexibility index (Phi) is 5.10. The number of hydrogen-bond acceptors (Lipinski definition) is 2. The summed E-state index contributed by atoms with van der Waals surface area (Å²) in [5.74, 6) is 1.74. The molecule has 0 spiro atoms. The lowest BCUT2D eigenvalue weighted by molar-refractivity contribution is 0.0950. The molecule has 1 atom stereocenters. The molecule has 5 rings (SSSR count). The molecule has 0 aromatic heterocycles. The molecule has 2 heteroatoms. The van der Waals surface area contributed by atoms with Crippen molar-refractivity contribution < 1.29 is 9.53 Å². The molecule has 1 aliphatic heterocycles. The van der Waals surface area contributed by atoms with Gasteiger partial charge in [0.25, 0.3) is 0 Å².